The minimum absolute atomic E-state index is 0.00949. The molecule has 2 aromatic rings. The highest BCUT2D eigenvalue weighted by Crippen LogP contribution is 2.24. The molecule has 166 valence electrons. The van der Waals surface area contributed by atoms with Gasteiger partial charge in [-0.1, -0.05) is 36.9 Å². The SMILES string of the molecule is CCCNC(=O)C1CCCN(c2ccc(SCC(=O)Nc3c(C)cccc3C)nn2)C1. The fourth-order valence-corrected chi connectivity index (χ4v) is 4.29. The summed E-state index contributed by atoms with van der Waals surface area (Å²) >= 11 is 1.36. The van der Waals surface area contributed by atoms with E-state index in [0.29, 0.717) is 11.6 Å². The van der Waals surface area contributed by atoms with Crippen molar-refractivity contribution in [2.24, 2.45) is 5.92 Å². The lowest BCUT2D eigenvalue weighted by Crippen LogP contribution is -2.43. The van der Waals surface area contributed by atoms with E-state index in [2.05, 4.69) is 32.7 Å². The highest BCUT2D eigenvalue weighted by molar-refractivity contribution is 7.99. The van der Waals surface area contributed by atoms with Crippen molar-refractivity contribution in [1.82, 2.24) is 15.5 Å². The lowest BCUT2D eigenvalue weighted by Gasteiger charge is -2.32. The van der Waals surface area contributed by atoms with Gasteiger partial charge in [-0.2, -0.15) is 0 Å². The number of para-hydroxylation sites is 1. The fourth-order valence-electron chi connectivity index (χ4n) is 3.68. The summed E-state index contributed by atoms with van der Waals surface area (Å²) in [6, 6.07) is 9.76. The van der Waals surface area contributed by atoms with Gasteiger partial charge in [0.15, 0.2) is 5.82 Å². The van der Waals surface area contributed by atoms with Gasteiger partial charge in [0.2, 0.25) is 11.8 Å². The molecular weight excluding hydrogens is 410 g/mol. The van der Waals surface area contributed by atoms with E-state index < -0.39 is 0 Å². The number of piperidine rings is 1. The number of thioether (sulfide) groups is 1. The molecule has 31 heavy (non-hydrogen) atoms. The van der Waals surface area contributed by atoms with Crippen LogP contribution in [0.4, 0.5) is 11.5 Å². The Kier molecular flexibility index (Phi) is 8.28. The number of nitrogens with zero attached hydrogens (tertiary/aromatic N) is 3. The Morgan fingerprint density at radius 3 is 2.61 bits per heavy atom. The number of rotatable bonds is 8. The van der Waals surface area contributed by atoms with Gasteiger partial charge in [0.05, 0.1) is 11.7 Å². The maximum atomic E-state index is 12.4. The Hall–Kier alpha value is -2.61. The molecule has 0 saturated carbocycles. The van der Waals surface area contributed by atoms with Gasteiger partial charge < -0.3 is 15.5 Å². The van der Waals surface area contributed by atoms with Crippen LogP contribution in [0.1, 0.15) is 37.3 Å². The number of anilines is 2. The molecule has 0 radical (unpaired) electrons. The maximum Gasteiger partial charge on any atom is 0.234 e. The minimum Gasteiger partial charge on any atom is -0.356 e. The number of aryl methyl sites for hydroxylation is 2. The largest absolute Gasteiger partial charge is 0.356 e. The number of nitrogens with one attached hydrogen (secondary N) is 2. The first-order valence-electron chi connectivity index (χ1n) is 10.8. The second-order valence-electron chi connectivity index (χ2n) is 7.91. The normalized spacial score (nSPS) is 16.1. The lowest BCUT2D eigenvalue weighted by atomic mass is 9.97. The average molecular weight is 442 g/mol. The van der Waals surface area contributed by atoms with E-state index in [9.17, 15) is 9.59 Å². The summed E-state index contributed by atoms with van der Waals surface area (Å²) in [6.07, 6.45) is 2.80. The summed E-state index contributed by atoms with van der Waals surface area (Å²) in [5, 5.41) is 15.3. The molecule has 1 atom stereocenters. The number of carbonyl (C=O) groups is 2. The number of hydrogen-bond acceptors (Lipinski definition) is 6. The van der Waals surface area contributed by atoms with Crippen LogP contribution in [0.3, 0.4) is 0 Å². The second kappa shape index (κ2) is 11.1. The molecule has 1 aromatic carbocycles. The molecule has 0 spiro atoms. The number of aromatic nitrogens is 2. The standard InChI is InChI=1S/C23H31N5O2S/c1-4-12-24-23(30)18-9-6-13-28(14-18)19-10-11-21(27-26-19)31-15-20(29)25-22-16(2)7-5-8-17(22)3/h5,7-8,10-11,18H,4,6,9,12-15H2,1-3H3,(H,24,30)(H,25,29). The summed E-state index contributed by atoms with van der Waals surface area (Å²) in [5.41, 5.74) is 2.97. The summed E-state index contributed by atoms with van der Waals surface area (Å²) in [4.78, 5) is 26.8. The lowest BCUT2D eigenvalue weighted by molar-refractivity contribution is -0.125. The summed E-state index contributed by atoms with van der Waals surface area (Å²) in [7, 11) is 0. The monoisotopic (exact) mass is 441 g/mol. The molecule has 1 unspecified atom stereocenters. The zero-order valence-electron chi connectivity index (χ0n) is 18.5. The van der Waals surface area contributed by atoms with Gasteiger partial charge in [-0.25, -0.2) is 0 Å². The summed E-state index contributed by atoms with van der Waals surface area (Å²) in [6.45, 7) is 8.27. The third-order valence-corrected chi connectivity index (χ3v) is 6.31. The second-order valence-corrected chi connectivity index (χ2v) is 8.91. The van der Waals surface area contributed by atoms with Gasteiger partial charge in [0.25, 0.3) is 0 Å². The summed E-state index contributed by atoms with van der Waals surface area (Å²) in [5.74, 6) is 1.10. The van der Waals surface area contributed by atoms with Crippen molar-refractivity contribution >= 4 is 35.1 Å². The number of benzene rings is 1. The number of hydrogen-bond donors (Lipinski definition) is 2. The number of amides is 2. The molecule has 1 aliphatic heterocycles. The summed E-state index contributed by atoms with van der Waals surface area (Å²) < 4.78 is 0. The van der Waals surface area contributed by atoms with Gasteiger partial charge in [0.1, 0.15) is 5.03 Å². The molecule has 2 N–H and O–H groups in total. The minimum atomic E-state index is -0.0646. The van der Waals surface area contributed by atoms with Crippen LogP contribution in [-0.4, -0.2) is 47.4 Å². The van der Waals surface area contributed by atoms with Crippen LogP contribution in [0, 0.1) is 19.8 Å². The van der Waals surface area contributed by atoms with E-state index in [-0.39, 0.29) is 23.5 Å². The molecule has 1 aliphatic rings. The molecule has 8 heteroatoms. The quantitative estimate of drug-likeness (QED) is 0.609. The van der Waals surface area contributed by atoms with E-state index in [1.54, 1.807) is 0 Å². The Labute approximate surface area is 188 Å². The van der Waals surface area contributed by atoms with Crippen molar-refractivity contribution in [3.05, 3.63) is 41.5 Å². The van der Waals surface area contributed by atoms with Crippen molar-refractivity contribution in [3.8, 4) is 0 Å². The van der Waals surface area contributed by atoms with Gasteiger partial charge in [0, 0.05) is 25.3 Å². The Bertz CT molecular complexity index is 883. The van der Waals surface area contributed by atoms with Gasteiger partial charge >= 0.3 is 0 Å². The Morgan fingerprint density at radius 1 is 1.16 bits per heavy atom. The maximum absolute atomic E-state index is 12.4. The van der Waals surface area contributed by atoms with Crippen molar-refractivity contribution in [3.63, 3.8) is 0 Å². The van der Waals surface area contributed by atoms with Crippen molar-refractivity contribution < 1.29 is 9.59 Å². The molecular formula is C23H31N5O2S. The predicted octanol–water partition coefficient (Wildman–Crippen LogP) is 3.57. The first-order chi connectivity index (χ1) is 15.0. The van der Waals surface area contributed by atoms with Crippen LogP contribution in [0.5, 0.6) is 0 Å². The van der Waals surface area contributed by atoms with Crippen LogP contribution in [0.15, 0.2) is 35.4 Å². The van der Waals surface area contributed by atoms with Gasteiger partial charge in [-0.15, -0.1) is 10.2 Å². The van der Waals surface area contributed by atoms with Crippen LogP contribution in [0.25, 0.3) is 0 Å². The van der Waals surface area contributed by atoms with E-state index in [1.165, 1.54) is 11.8 Å². The van der Waals surface area contributed by atoms with Crippen molar-refractivity contribution in [2.75, 3.05) is 35.6 Å². The van der Waals surface area contributed by atoms with E-state index in [1.807, 2.05) is 44.2 Å². The molecule has 1 fully saturated rings. The third-order valence-electron chi connectivity index (χ3n) is 5.39. The first kappa shape index (κ1) is 23.1. The smallest absolute Gasteiger partial charge is 0.234 e. The molecule has 2 heterocycles. The fraction of sp³-hybridized carbons (Fsp3) is 0.478. The molecule has 0 aliphatic carbocycles. The van der Waals surface area contributed by atoms with E-state index in [4.69, 9.17) is 0 Å². The predicted molar refractivity (Wildman–Crippen MR) is 126 cm³/mol. The van der Waals surface area contributed by atoms with Crippen LogP contribution >= 0.6 is 11.8 Å². The van der Waals surface area contributed by atoms with Crippen molar-refractivity contribution in [2.45, 2.75) is 45.1 Å². The first-order valence-corrected chi connectivity index (χ1v) is 11.8. The Balaban J connectivity index is 1.52. The molecule has 1 aromatic heterocycles. The molecule has 1 saturated heterocycles. The van der Waals surface area contributed by atoms with Crippen molar-refractivity contribution in [1.29, 1.82) is 0 Å². The van der Waals surface area contributed by atoms with E-state index >= 15 is 0 Å². The Morgan fingerprint density at radius 2 is 1.94 bits per heavy atom. The number of carbonyl (C=O) groups excluding carboxylic acids is 2. The van der Waals surface area contributed by atoms with Crippen LogP contribution in [-0.2, 0) is 9.59 Å². The zero-order valence-corrected chi connectivity index (χ0v) is 19.3. The van der Waals surface area contributed by atoms with Gasteiger partial charge in [-0.3, -0.25) is 9.59 Å². The third kappa shape index (κ3) is 6.43. The average Bonchev–Trinajstić information content (AvgIpc) is 2.79. The molecule has 2 amide bonds. The van der Waals surface area contributed by atoms with Crippen LogP contribution in [0.2, 0.25) is 0 Å². The highest BCUT2D eigenvalue weighted by atomic mass is 32.2. The molecule has 7 nitrogen and oxygen atoms in total. The van der Waals surface area contributed by atoms with E-state index in [0.717, 1.165) is 55.0 Å². The molecule has 0 bridgehead atoms. The molecule has 3 rings (SSSR count). The zero-order chi connectivity index (χ0) is 22.2. The van der Waals surface area contributed by atoms with Crippen LogP contribution < -0.4 is 15.5 Å². The topological polar surface area (TPSA) is 87.2 Å². The highest BCUT2D eigenvalue weighted by Gasteiger charge is 2.26. The van der Waals surface area contributed by atoms with Gasteiger partial charge in [-0.05, 0) is 56.4 Å².